The fourth-order valence-electron chi connectivity index (χ4n) is 2.82. The lowest BCUT2D eigenvalue weighted by Gasteiger charge is -2.14. The number of anilines is 1. The van der Waals surface area contributed by atoms with Gasteiger partial charge in [-0.1, -0.05) is 43.3 Å². The highest BCUT2D eigenvalue weighted by molar-refractivity contribution is 7.99. The number of nitrogens with two attached hydrogens (primary N) is 1. The van der Waals surface area contributed by atoms with Crippen molar-refractivity contribution in [3.63, 3.8) is 0 Å². The highest BCUT2D eigenvalue weighted by atomic mass is 35.5. The first-order chi connectivity index (χ1) is 13.8. The fraction of sp³-hybridized carbons (Fsp3) is 0.263. The number of nitrogens with one attached hydrogen (secondary N) is 1. The van der Waals surface area contributed by atoms with Crippen LogP contribution < -0.4 is 17.0 Å². The Labute approximate surface area is 175 Å². The number of Topliss-reactive ketones (excluding diaryl/α,β-unsaturated/α-hetero) is 1. The van der Waals surface area contributed by atoms with Crippen LogP contribution in [0.4, 0.5) is 5.82 Å². The van der Waals surface area contributed by atoms with E-state index >= 15 is 0 Å². The molecule has 152 valence electrons. The van der Waals surface area contributed by atoms with Crippen LogP contribution in [0, 0.1) is 5.92 Å². The quantitative estimate of drug-likeness (QED) is 0.437. The minimum atomic E-state index is -0.781. The summed E-state index contributed by atoms with van der Waals surface area (Å²) < 4.78 is 3.01. The number of nitrogen functional groups attached to an aromatic ring is 1. The number of H-pyrrole nitrogens is 1. The van der Waals surface area contributed by atoms with E-state index in [9.17, 15) is 14.4 Å². The van der Waals surface area contributed by atoms with E-state index in [-0.39, 0.29) is 23.1 Å². The summed E-state index contributed by atoms with van der Waals surface area (Å²) in [5, 5.41) is 1.14. The monoisotopic (exact) mass is 433 g/mol. The molecule has 3 N–H and O–H groups in total. The van der Waals surface area contributed by atoms with E-state index in [4.69, 9.17) is 17.3 Å². The van der Waals surface area contributed by atoms with Crippen molar-refractivity contribution in [2.75, 3.05) is 11.5 Å². The first-order valence-electron chi connectivity index (χ1n) is 8.85. The first kappa shape index (κ1) is 20.9. The van der Waals surface area contributed by atoms with Gasteiger partial charge in [0.05, 0.1) is 5.75 Å². The van der Waals surface area contributed by atoms with E-state index < -0.39 is 17.0 Å². The molecule has 3 rings (SSSR count). The van der Waals surface area contributed by atoms with Crippen LogP contribution in [0.25, 0.3) is 5.69 Å². The van der Waals surface area contributed by atoms with Crippen LogP contribution in [-0.4, -0.2) is 30.6 Å². The summed E-state index contributed by atoms with van der Waals surface area (Å²) in [7, 11) is 0. The average molecular weight is 434 g/mol. The first-order valence-corrected chi connectivity index (χ1v) is 10.2. The van der Waals surface area contributed by atoms with Crippen molar-refractivity contribution < 1.29 is 4.79 Å². The molecule has 0 saturated heterocycles. The molecular weight excluding hydrogens is 414 g/mol. The van der Waals surface area contributed by atoms with Gasteiger partial charge >= 0.3 is 5.69 Å². The van der Waals surface area contributed by atoms with Gasteiger partial charge < -0.3 is 5.73 Å². The lowest BCUT2D eigenvalue weighted by atomic mass is 10.2. The lowest BCUT2D eigenvalue weighted by Crippen LogP contribution is -2.37. The van der Waals surface area contributed by atoms with Crippen LogP contribution in [0.2, 0.25) is 5.02 Å². The Hall–Kier alpha value is -2.78. The number of nitrogens with zero attached hydrogens (tertiary/aromatic N) is 3. The van der Waals surface area contributed by atoms with E-state index in [1.165, 1.54) is 4.57 Å². The minimum Gasteiger partial charge on any atom is -0.384 e. The highest BCUT2D eigenvalue weighted by Gasteiger charge is 2.20. The third-order valence-electron chi connectivity index (χ3n) is 4.09. The summed E-state index contributed by atoms with van der Waals surface area (Å²) in [5.41, 5.74) is 5.18. The Morgan fingerprint density at radius 1 is 1.34 bits per heavy atom. The molecule has 2 aromatic heterocycles. The number of aromatic amines is 1. The summed E-state index contributed by atoms with van der Waals surface area (Å²) in [6.45, 7) is 4.11. The molecule has 0 radical (unpaired) electrons. The van der Waals surface area contributed by atoms with E-state index in [2.05, 4.69) is 9.97 Å². The van der Waals surface area contributed by atoms with Crippen LogP contribution in [0.3, 0.4) is 0 Å². The second kappa shape index (κ2) is 8.71. The Morgan fingerprint density at radius 3 is 2.79 bits per heavy atom. The Bertz CT molecular complexity index is 1170. The summed E-state index contributed by atoms with van der Waals surface area (Å²) >= 11 is 7.21. The summed E-state index contributed by atoms with van der Waals surface area (Å²) in [6, 6.07) is 7.22. The highest BCUT2D eigenvalue weighted by Crippen LogP contribution is 2.23. The van der Waals surface area contributed by atoms with Gasteiger partial charge in [-0.25, -0.2) is 9.78 Å². The van der Waals surface area contributed by atoms with Crippen LogP contribution in [0.5, 0.6) is 0 Å². The number of thioether (sulfide) groups is 1. The Balaban J connectivity index is 1.85. The minimum absolute atomic E-state index is 0.0647. The zero-order chi connectivity index (χ0) is 21.1. The van der Waals surface area contributed by atoms with Gasteiger partial charge in [-0.2, -0.15) is 0 Å². The largest absolute Gasteiger partial charge is 0.384 e. The average Bonchev–Trinajstić information content (AvgIpc) is 3.12. The number of rotatable bonds is 7. The van der Waals surface area contributed by atoms with E-state index in [1.54, 1.807) is 29.1 Å². The number of ketones is 1. The zero-order valence-electron chi connectivity index (χ0n) is 15.9. The summed E-state index contributed by atoms with van der Waals surface area (Å²) in [5.74, 6) is -0.545. The molecule has 29 heavy (non-hydrogen) atoms. The molecule has 0 aliphatic carbocycles. The van der Waals surface area contributed by atoms with Crippen molar-refractivity contribution >= 4 is 35.0 Å². The number of imidazole rings is 1. The molecule has 0 amide bonds. The van der Waals surface area contributed by atoms with Gasteiger partial charge in [0, 0.05) is 29.6 Å². The van der Waals surface area contributed by atoms with Crippen molar-refractivity contribution in [3.8, 4) is 5.69 Å². The number of halogens is 1. The maximum atomic E-state index is 12.7. The van der Waals surface area contributed by atoms with Crippen molar-refractivity contribution in [2.45, 2.75) is 25.5 Å². The van der Waals surface area contributed by atoms with E-state index in [1.807, 2.05) is 26.0 Å². The number of carbonyl (C=O) groups is 1. The standard InChI is InChI=1S/C19H20ClN5O3S/c1-11(2)9-25-16(21)15(17(27)23-18(25)28)14(26)10-29-19-22-6-7-24(19)13-5-3-4-12(20)8-13/h3-8,11H,9-10,21H2,1-2H3,(H,23,27,28). The molecule has 0 spiro atoms. The van der Waals surface area contributed by atoms with E-state index in [0.29, 0.717) is 16.7 Å². The third kappa shape index (κ3) is 4.63. The van der Waals surface area contributed by atoms with Gasteiger partial charge in [0.15, 0.2) is 10.9 Å². The summed E-state index contributed by atoms with van der Waals surface area (Å²) in [4.78, 5) is 43.4. The molecule has 2 heterocycles. The molecule has 0 atom stereocenters. The second-order valence-corrected chi connectivity index (χ2v) is 8.17. The van der Waals surface area contributed by atoms with Gasteiger partial charge in [-0.05, 0) is 24.1 Å². The number of aromatic nitrogens is 4. The molecular formula is C19H20ClN5O3S. The molecule has 0 fully saturated rings. The van der Waals surface area contributed by atoms with Crippen LogP contribution in [0.1, 0.15) is 24.2 Å². The Kier molecular flexibility index (Phi) is 6.29. The maximum Gasteiger partial charge on any atom is 0.329 e. The lowest BCUT2D eigenvalue weighted by molar-refractivity contribution is 0.102. The van der Waals surface area contributed by atoms with Crippen LogP contribution >= 0.6 is 23.4 Å². The van der Waals surface area contributed by atoms with Gasteiger partial charge in [-0.15, -0.1) is 0 Å². The second-order valence-electron chi connectivity index (χ2n) is 6.80. The molecule has 10 heteroatoms. The molecule has 0 aliphatic heterocycles. The van der Waals surface area contributed by atoms with Crippen LogP contribution in [0.15, 0.2) is 51.4 Å². The molecule has 0 unspecified atom stereocenters. The topological polar surface area (TPSA) is 116 Å². The number of benzene rings is 1. The van der Waals surface area contributed by atoms with Gasteiger partial charge in [0.1, 0.15) is 11.4 Å². The maximum absolute atomic E-state index is 12.7. The van der Waals surface area contributed by atoms with Gasteiger partial charge in [0.2, 0.25) is 0 Å². The number of hydrogen-bond donors (Lipinski definition) is 2. The zero-order valence-corrected chi connectivity index (χ0v) is 17.5. The summed E-state index contributed by atoms with van der Waals surface area (Å²) in [6.07, 6.45) is 3.36. The molecule has 1 aromatic carbocycles. The van der Waals surface area contributed by atoms with E-state index in [0.717, 1.165) is 17.4 Å². The predicted molar refractivity (Wildman–Crippen MR) is 114 cm³/mol. The number of hydrogen-bond acceptors (Lipinski definition) is 6. The van der Waals surface area contributed by atoms with Crippen molar-refractivity contribution in [2.24, 2.45) is 5.92 Å². The molecule has 0 aliphatic rings. The fourth-order valence-corrected chi connectivity index (χ4v) is 3.85. The van der Waals surface area contributed by atoms with Crippen molar-refractivity contribution in [1.29, 1.82) is 0 Å². The van der Waals surface area contributed by atoms with Crippen LogP contribution in [-0.2, 0) is 6.54 Å². The molecule has 8 nitrogen and oxygen atoms in total. The third-order valence-corrected chi connectivity index (χ3v) is 5.29. The normalized spacial score (nSPS) is 11.2. The van der Waals surface area contributed by atoms with Gasteiger partial charge in [0.25, 0.3) is 5.56 Å². The Morgan fingerprint density at radius 2 is 2.10 bits per heavy atom. The predicted octanol–water partition coefficient (Wildman–Crippen LogP) is 2.59. The molecule has 0 saturated carbocycles. The van der Waals surface area contributed by atoms with Crippen molar-refractivity contribution in [3.05, 3.63) is 68.1 Å². The SMILES string of the molecule is CC(C)Cn1c(N)c(C(=O)CSc2nccn2-c2cccc(Cl)c2)c(=O)[nH]c1=O. The number of carbonyl (C=O) groups excluding carboxylic acids is 1. The molecule has 3 aromatic rings. The van der Waals surface area contributed by atoms with Crippen molar-refractivity contribution in [1.82, 2.24) is 19.1 Å². The molecule has 0 bridgehead atoms. The smallest absolute Gasteiger partial charge is 0.329 e. The van der Waals surface area contributed by atoms with Gasteiger partial charge in [-0.3, -0.25) is 23.7 Å².